The molecule has 1 unspecified atom stereocenters. The molecule has 4 rings (SSSR count). The van der Waals surface area contributed by atoms with Crippen LogP contribution >= 0.6 is 15.9 Å². The van der Waals surface area contributed by atoms with Gasteiger partial charge in [-0.15, -0.1) is 0 Å². The first kappa shape index (κ1) is 22.0. The Morgan fingerprint density at radius 2 is 1.56 bits per heavy atom. The standard InChI is InChI=1S/C24H21BrN2O5/c1-14-3-9-21(31-14)23(22-10-4-15(2)32-22)16-5-7-19(8-6-16)26-13-17-11-18(25)12-20(24(17)28)27(29)30/h3-13,23,27-29H,1-2H3. The van der Waals surface area contributed by atoms with Crippen LogP contribution < -0.4 is 5.23 Å². The summed E-state index contributed by atoms with van der Waals surface area (Å²) in [4.78, 5) is 4.39. The van der Waals surface area contributed by atoms with Crippen LogP contribution in [0.4, 0.5) is 11.4 Å². The number of aliphatic imine (C=N–C) groups is 1. The van der Waals surface area contributed by atoms with Crippen LogP contribution in [0, 0.1) is 19.1 Å². The molecule has 2 heterocycles. The highest BCUT2D eigenvalue weighted by Crippen LogP contribution is 2.35. The number of furan rings is 2. The van der Waals surface area contributed by atoms with E-state index in [2.05, 4.69) is 20.9 Å². The molecule has 4 aromatic rings. The van der Waals surface area contributed by atoms with Crippen LogP contribution in [0.25, 0.3) is 0 Å². The number of nitrogens with zero attached hydrogens (tertiary/aromatic N) is 1. The summed E-state index contributed by atoms with van der Waals surface area (Å²) >= 11 is 3.26. The largest absolute Gasteiger partial charge is 0.595 e. The number of phenols is 1. The first-order valence-corrected chi connectivity index (χ1v) is 10.6. The Kier molecular flexibility index (Phi) is 6.29. The van der Waals surface area contributed by atoms with Gasteiger partial charge in [-0.25, -0.2) is 5.21 Å². The van der Waals surface area contributed by atoms with Crippen molar-refractivity contribution in [2.45, 2.75) is 19.8 Å². The van der Waals surface area contributed by atoms with Gasteiger partial charge in [-0.1, -0.05) is 28.1 Å². The molecule has 0 fully saturated rings. The van der Waals surface area contributed by atoms with E-state index in [-0.39, 0.29) is 17.4 Å². The summed E-state index contributed by atoms with van der Waals surface area (Å²) in [6, 6.07) is 18.3. The fourth-order valence-corrected chi connectivity index (χ4v) is 3.94. The first-order valence-electron chi connectivity index (χ1n) is 9.84. The summed E-state index contributed by atoms with van der Waals surface area (Å²) < 4.78 is 12.3. The molecule has 32 heavy (non-hydrogen) atoms. The molecular weight excluding hydrogens is 476 g/mol. The van der Waals surface area contributed by atoms with E-state index in [0.29, 0.717) is 15.7 Å². The number of halogens is 1. The summed E-state index contributed by atoms with van der Waals surface area (Å²) in [5.41, 5.74) is 1.73. The second-order valence-corrected chi connectivity index (χ2v) is 8.29. The van der Waals surface area contributed by atoms with Gasteiger partial charge in [0.05, 0.1) is 5.69 Å². The quantitative estimate of drug-likeness (QED) is 0.191. The Hall–Kier alpha value is -3.17. The number of hydrogen-bond acceptors (Lipinski definition) is 6. The number of phenolic OH excluding ortho intramolecular Hbond substituents is 1. The van der Waals surface area contributed by atoms with Crippen molar-refractivity contribution in [2.75, 3.05) is 0 Å². The van der Waals surface area contributed by atoms with E-state index >= 15 is 0 Å². The molecule has 1 atom stereocenters. The van der Waals surface area contributed by atoms with Gasteiger partial charge >= 0.3 is 0 Å². The van der Waals surface area contributed by atoms with Gasteiger partial charge in [0.15, 0.2) is 5.75 Å². The molecule has 7 nitrogen and oxygen atoms in total. The fraction of sp³-hybridized carbons (Fsp3) is 0.125. The third kappa shape index (κ3) is 4.68. The zero-order chi connectivity index (χ0) is 22.8. The molecule has 2 aromatic heterocycles. The van der Waals surface area contributed by atoms with Crippen molar-refractivity contribution in [1.29, 1.82) is 0 Å². The van der Waals surface area contributed by atoms with Crippen LogP contribution in [0.5, 0.6) is 5.75 Å². The van der Waals surface area contributed by atoms with Gasteiger partial charge in [-0.2, -0.15) is 5.23 Å². The molecule has 0 amide bonds. The highest BCUT2D eigenvalue weighted by atomic mass is 79.9. The number of hydrogen-bond donors (Lipinski definition) is 3. The lowest BCUT2D eigenvalue weighted by Gasteiger charge is -2.14. The molecule has 2 aromatic carbocycles. The normalized spacial score (nSPS) is 12.7. The Morgan fingerprint density at radius 1 is 0.969 bits per heavy atom. The van der Waals surface area contributed by atoms with Crippen LogP contribution in [0.15, 0.2) is 79.0 Å². The topological polar surface area (TPSA) is 107 Å². The molecule has 0 saturated heterocycles. The smallest absolute Gasteiger partial charge is 0.207 e. The minimum atomic E-state index is -1.21. The fourth-order valence-electron chi connectivity index (χ4n) is 3.46. The Labute approximate surface area is 192 Å². The van der Waals surface area contributed by atoms with E-state index in [1.807, 2.05) is 62.4 Å². The number of nitrogens with one attached hydrogen (secondary N) is 1. The van der Waals surface area contributed by atoms with Crippen LogP contribution in [0.3, 0.4) is 0 Å². The average molecular weight is 497 g/mol. The van der Waals surface area contributed by atoms with Crippen LogP contribution in [-0.4, -0.2) is 16.5 Å². The number of quaternary nitrogens is 1. The van der Waals surface area contributed by atoms with E-state index in [9.17, 15) is 15.5 Å². The van der Waals surface area contributed by atoms with Gasteiger partial charge in [-0.05, 0) is 61.9 Å². The molecular formula is C24H21BrN2O5. The lowest BCUT2D eigenvalue weighted by molar-refractivity contribution is -0.991. The van der Waals surface area contributed by atoms with E-state index < -0.39 is 5.23 Å². The maximum absolute atomic E-state index is 11.3. The predicted molar refractivity (Wildman–Crippen MR) is 123 cm³/mol. The van der Waals surface area contributed by atoms with Gasteiger partial charge in [0.2, 0.25) is 5.69 Å². The molecule has 8 heteroatoms. The predicted octanol–water partition coefficient (Wildman–Crippen LogP) is 5.29. The Bertz CT molecular complexity index is 1220. The van der Waals surface area contributed by atoms with E-state index in [1.165, 1.54) is 12.3 Å². The highest BCUT2D eigenvalue weighted by Gasteiger charge is 2.23. The zero-order valence-corrected chi connectivity index (χ0v) is 19.0. The maximum atomic E-state index is 11.3. The van der Waals surface area contributed by atoms with Crippen LogP contribution in [0.1, 0.15) is 40.1 Å². The number of benzene rings is 2. The first-order chi connectivity index (χ1) is 15.3. The molecule has 0 radical (unpaired) electrons. The average Bonchev–Trinajstić information content (AvgIpc) is 3.38. The molecule has 0 aliphatic carbocycles. The van der Waals surface area contributed by atoms with Crippen molar-refractivity contribution in [3.05, 3.63) is 105 Å². The number of rotatable bonds is 6. The maximum Gasteiger partial charge on any atom is 0.207 e. The summed E-state index contributed by atoms with van der Waals surface area (Å²) in [5, 5.41) is 29.5. The molecule has 0 saturated carbocycles. The molecule has 0 spiro atoms. The summed E-state index contributed by atoms with van der Waals surface area (Å²) in [7, 11) is 0. The SMILES string of the molecule is Cc1ccc(C(c2ccc(N=Cc3cc(Br)cc([NH+]([O-])O)c3O)cc2)c2ccc(C)o2)o1. The molecule has 0 bridgehead atoms. The lowest BCUT2D eigenvalue weighted by atomic mass is 9.94. The summed E-state index contributed by atoms with van der Waals surface area (Å²) in [6.07, 6.45) is 1.44. The highest BCUT2D eigenvalue weighted by molar-refractivity contribution is 9.10. The third-order valence-electron chi connectivity index (χ3n) is 5.01. The number of aryl methyl sites for hydroxylation is 2. The molecule has 0 aliphatic rings. The Balaban J connectivity index is 1.64. The minimum absolute atomic E-state index is 0.192. The van der Waals surface area contributed by atoms with Crippen LogP contribution in [0.2, 0.25) is 0 Å². The van der Waals surface area contributed by atoms with E-state index in [1.54, 1.807) is 6.07 Å². The van der Waals surface area contributed by atoms with Gasteiger partial charge in [0.1, 0.15) is 29.0 Å². The van der Waals surface area contributed by atoms with Crippen molar-refractivity contribution < 1.29 is 24.4 Å². The second-order valence-electron chi connectivity index (χ2n) is 7.38. The number of aromatic hydroxyl groups is 1. The molecule has 3 N–H and O–H groups in total. The Morgan fingerprint density at radius 3 is 2.06 bits per heavy atom. The van der Waals surface area contributed by atoms with Crippen LogP contribution in [-0.2, 0) is 0 Å². The van der Waals surface area contributed by atoms with Crippen molar-refractivity contribution in [2.24, 2.45) is 4.99 Å². The van der Waals surface area contributed by atoms with Gasteiger partial charge in [0.25, 0.3) is 0 Å². The second kappa shape index (κ2) is 9.13. The van der Waals surface area contributed by atoms with Gasteiger partial charge in [0, 0.05) is 22.3 Å². The van der Waals surface area contributed by atoms with Gasteiger partial charge in [-0.3, -0.25) is 4.99 Å². The van der Waals surface area contributed by atoms with Gasteiger partial charge < -0.3 is 19.1 Å². The third-order valence-corrected chi connectivity index (χ3v) is 5.46. The monoisotopic (exact) mass is 496 g/mol. The molecule has 164 valence electrons. The zero-order valence-electron chi connectivity index (χ0n) is 17.4. The van der Waals surface area contributed by atoms with Crippen molar-refractivity contribution in [3.63, 3.8) is 0 Å². The van der Waals surface area contributed by atoms with Crippen molar-refractivity contribution >= 4 is 33.5 Å². The van der Waals surface area contributed by atoms with Crippen molar-refractivity contribution in [1.82, 2.24) is 0 Å². The summed E-state index contributed by atoms with van der Waals surface area (Å²) in [5.74, 6) is 2.69. The van der Waals surface area contributed by atoms with E-state index in [4.69, 9.17) is 8.83 Å². The lowest BCUT2D eigenvalue weighted by Crippen LogP contribution is -2.99. The summed E-state index contributed by atoms with van der Waals surface area (Å²) in [6.45, 7) is 3.80. The van der Waals surface area contributed by atoms with E-state index in [0.717, 1.165) is 28.6 Å². The molecule has 0 aliphatic heterocycles. The van der Waals surface area contributed by atoms with Crippen molar-refractivity contribution in [3.8, 4) is 5.75 Å². The minimum Gasteiger partial charge on any atom is -0.595 e.